The van der Waals surface area contributed by atoms with Crippen molar-refractivity contribution in [3.05, 3.63) is 0 Å². The van der Waals surface area contributed by atoms with Crippen molar-refractivity contribution in [2.24, 2.45) is 0 Å². The van der Waals surface area contributed by atoms with Crippen LogP contribution in [-0.2, 0) is 0 Å². The lowest BCUT2D eigenvalue weighted by molar-refractivity contribution is 0.222. The molecule has 0 aromatic carbocycles. The van der Waals surface area contributed by atoms with E-state index in [0.29, 0.717) is 5.95 Å². The van der Waals surface area contributed by atoms with Gasteiger partial charge in [0.2, 0.25) is 11.9 Å². The number of unbranched alkanes of at least 4 members (excludes halogenated alkanes) is 1. The van der Waals surface area contributed by atoms with Crippen LogP contribution in [0.1, 0.15) is 26.7 Å². The summed E-state index contributed by atoms with van der Waals surface area (Å²) >= 11 is 0. The van der Waals surface area contributed by atoms with Crippen molar-refractivity contribution in [2.75, 3.05) is 38.2 Å². The highest BCUT2D eigenvalue weighted by molar-refractivity contribution is 5.32. The maximum atomic E-state index is 5.62. The summed E-state index contributed by atoms with van der Waals surface area (Å²) in [5.74, 6) is 0.634. The first-order valence-corrected chi connectivity index (χ1v) is 6.54. The van der Waals surface area contributed by atoms with Gasteiger partial charge in [0.25, 0.3) is 0 Å². The monoisotopic (exact) mass is 268 g/mol. The smallest absolute Gasteiger partial charge is 0.323 e. The van der Waals surface area contributed by atoms with E-state index in [1.165, 1.54) is 0 Å². The summed E-state index contributed by atoms with van der Waals surface area (Å²) in [6, 6.07) is 0.262. The van der Waals surface area contributed by atoms with Gasteiger partial charge >= 0.3 is 6.01 Å². The Morgan fingerprint density at radius 1 is 1.21 bits per heavy atom. The van der Waals surface area contributed by atoms with E-state index in [1.54, 1.807) is 0 Å². The van der Waals surface area contributed by atoms with Crippen molar-refractivity contribution >= 4 is 11.9 Å². The molecule has 1 heterocycles. The number of rotatable bonds is 8. The molecule has 108 valence electrons. The summed E-state index contributed by atoms with van der Waals surface area (Å²) in [5, 5.41) is 3.13. The van der Waals surface area contributed by atoms with Gasteiger partial charge in [-0.2, -0.15) is 15.0 Å². The van der Waals surface area contributed by atoms with E-state index in [-0.39, 0.29) is 18.1 Å². The van der Waals surface area contributed by atoms with E-state index in [1.807, 2.05) is 13.8 Å². The quantitative estimate of drug-likeness (QED) is 0.680. The lowest BCUT2D eigenvalue weighted by Crippen LogP contribution is -2.15. The number of nitrogens with zero attached hydrogens (tertiary/aromatic N) is 4. The molecule has 7 nitrogen and oxygen atoms in total. The fourth-order valence-electron chi connectivity index (χ4n) is 1.47. The van der Waals surface area contributed by atoms with Gasteiger partial charge in [-0.25, -0.2) is 0 Å². The number of hydrogen-bond donors (Lipinski definition) is 2. The van der Waals surface area contributed by atoms with Gasteiger partial charge in [0.1, 0.15) is 0 Å². The largest absolute Gasteiger partial charge is 0.461 e. The zero-order valence-electron chi connectivity index (χ0n) is 12.2. The van der Waals surface area contributed by atoms with Gasteiger partial charge < -0.3 is 20.7 Å². The average molecular weight is 268 g/mol. The molecule has 0 atom stereocenters. The Hall–Kier alpha value is -1.63. The summed E-state index contributed by atoms with van der Waals surface area (Å²) in [5.41, 5.74) is 5.62. The molecule has 0 bridgehead atoms. The molecule has 3 N–H and O–H groups in total. The predicted octanol–water partition coefficient (Wildman–Crippen LogP) is 0.995. The van der Waals surface area contributed by atoms with Crippen LogP contribution in [0.25, 0.3) is 0 Å². The Morgan fingerprint density at radius 2 is 1.95 bits per heavy atom. The standard InChI is InChI=1S/C12H24N6O/c1-9(2)19-12-16-10(13)15-11(17-12)14-7-5-6-8-18(3)4/h9H,5-8H2,1-4H3,(H3,13,14,15,16,17). The van der Waals surface area contributed by atoms with Gasteiger partial charge in [0, 0.05) is 6.54 Å². The molecule has 0 saturated carbocycles. The van der Waals surface area contributed by atoms with Crippen LogP contribution in [0.4, 0.5) is 11.9 Å². The van der Waals surface area contributed by atoms with Gasteiger partial charge in [-0.3, -0.25) is 0 Å². The molecule has 0 aliphatic carbocycles. The first-order valence-electron chi connectivity index (χ1n) is 6.54. The Bertz CT molecular complexity index is 382. The highest BCUT2D eigenvalue weighted by Gasteiger charge is 2.06. The molecule has 1 aromatic rings. The topological polar surface area (TPSA) is 89.2 Å². The number of nitrogen functional groups attached to an aromatic ring is 1. The average Bonchev–Trinajstić information content (AvgIpc) is 2.26. The maximum Gasteiger partial charge on any atom is 0.323 e. The van der Waals surface area contributed by atoms with Crippen molar-refractivity contribution in [2.45, 2.75) is 32.8 Å². The van der Waals surface area contributed by atoms with Crippen molar-refractivity contribution in [3.8, 4) is 6.01 Å². The zero-order chi connectivity index (χ0) is 14.3. The molecule has 0 radical (unpaired) electrons. The predicted molar refractivity (Wildman–Crippen MR) is 76.3 cm³/mol. The molecule has 0 aliphatic rings. The summed E-state index contributed by atoms with van der Waals surface area (Å²) in [6.07, 6.45) is 2.18. The molecular formula is C12H24N6O. The van der Waals surface area contributed by atoms with E-state index < -0.39 is 0 Å². The third-order valence-corrected chi connectivity index (χ3v) is 2.29. The van der Waals surface area contributed by atoms with Crippen LogP contribution in [0.5, 0.6) is 6.01 Å². The summed E-state index contributed by atoms with van der Waals surface area (Å²) in [7, 11) is 4.13. The first-order chi connectivity index (χ1) is 8.97. The molecule has 0 fully saturated rings. The summed E-state index contributed by atoms with van der Waals surface area (Å²) < 4.78 is 5.41. The molecular weight excluding hydrogens is 244 g/mol. The van der Waals surface area contributed by atoms with E-state index in [9.17, 15) is 0 Å². The van der Waals surface area contributed by atoms with E-state index >= 15 is 0 Å². The van der Waals surface area contributed by atoms with Crippen LogP contribution in [-0.4, -0.2) is 53.1 Å². The van der Waals surface area contributed by atoms with Crippen molar-refractivity contribution < 1.29 is 4.74 Å². The Labute approximate surface area is 114 Å². The van der Waals surface area contributed by atoms with Crippen LogP contribution in [0.3, 0.4) is 0 Å². The first kappa shape index (κ1) is 15.4. The molecule has 0 spiro atoms. The number of hydrogen-bond acceptors (Lipinski definition) is 7. The normalized spacial score (nSPS) is 11.1. The van der Waals surface area contributed by atoms with Crippen LogP contribution in [0, 0.1) is 0 Å². The third kappa shape index (κ3) is 6.76. The van der Waals surface area contributed by atoms with Crippen molar-refractivity contribution in [3.63, 3.8) is 0 Å². The van der Waals surface area contributed by atoms with Gasteiger partial charge in [-0.15, -0.1) is 0 Å². The molecule has 0 unspecified atom stereocenters. The van der Waals surface area contributed by atoms with Crippen molar-refractivity contribution in [1.82, 2.24) is 19.9 Å². The zero-order valence-corrected chi connectivity index (χ0v) is 12.2. The second kappa shape index (κ2) is 7.73. The Morgan fingerprint density at radius 3 is 2.58 bits per heavy atom. The SMILES string of the molecule is CC(C)Oc1nc(N)nc(NCCCCN(C)C)n1. The third-order valence-electron chi connectivity index (χ3n) is 2.29. The second-order valence-corrected chi connectivity index (χ2v) is 4.90. The van der Waals surface area contributed by atoms with E-state index in [2.05, 4.69) is 39.3 Å². The minimum Gasteiger partial charge on any atom is -0.461 e. The van der Waals surface area contributed by atoms with Gasteiger partial charge in [-0.1, -0.05) is 0 Å². The maximum absolute atomic E-state index is 5.62. The number of nitrogens with one attached hydrogen (secondary N) is 1. The molecule has 0 aliphatic heterocycles. The number of nitrogens with two attached hydrogens (primary N) is 1. The fourth-order valence-corrected chi connectivity index (χ4v) is 1.47. The molecule has 19 heavy (non-hydrogen) atoms. The molecule has 0 amide bonds. The molecule has 0 saturated heterocycles. The van der Waals surface area contributed by atoms with Crippen LogP contribution in [0.15, 0.2) is 0 Å². The number of ether oxygens (including phenoxy) is 1. The van der Waals surface area contributed by atoms with E-state index in [0.717, 1.165) is 25.9 Å². The van der Waals surface area contributed by atoms with Gasteiger partial charge in [0.15, 0.2) is 0 Å². The fraction of sp³-hybridized carbons (Fsp3) is 0.750. The lowest BCUT2D eigenvalue weighted by Gasteiger charge is -2.11. The van der Waals surface area contributed by atoms with Crippen LogP contribution >= 0.6 is 0 Å². The van der Waals surface area contributed by atoms with Crippen LogP contribution < -0.4 is 15.8 Å². The number of aromatic nitrogens is 3. The summed E-state index contributed by atoms with van der Waals surface area (Å²) in [6.45, 7) is 5.70. The highest BCUT2D eigenvalue weighted by atomic mass is 16.5. The van der Waals surface area contributed by atoms with Gasteiger partial charge in [0.05, 0.1) is 6.10 Å². The number of anilines is 2. The highest BCUT2D eigenvalue weighted by Crippen LogP contribution is 2.10. The summed E-state index contributed by atoms with van der Waals surface area (Å²) in [4.78, 5) is 14.3. The molecule has 7 heteroatoms. The van der Waals surface area contributed by atoms with Crippen molar-refractivity contribution in [1.29, 1.82) is 0 Å². The molecule has 1 rings (SSSR count). The minimum absolute atomic E-state index is 0.00902. The lowest BCUT2D eigenvalue weighted by atomic mass is 10.3. The Balaban J connectivity index is 2.42. The van der Waals surface area contributed by atoms with Crippen LogP contribution in [0.2, 0.25) is 0 Å². The Kier molecular flexibility index (Phi) is 6.27. The minimum atomic E-state index is 0.00902. The molecule has 1 aromatic heterocycles. The van der Waals surface area contributed by atoms with Gasteiger partial charge in [-0.05, 0) is 47.3 Å². The van der Waals surface area contributed by atoms with E-state index in [4.69, 9.17) is 10.5 Å². The second-order valence-electron chi connectivity index (χ2n) is 4.90.